The van der Waals surface area contributed by atoms with Crippen molar-refractivity contribution >= 4 is 21.6 Å². The summed E-state index contributed by atoms with van der Waals surface area (Å²) in [6.07, 6.45) is -2.66. The Kier molecular flexibility index (Phi) is 3.74. The summed E-state index contributed by atoms with van der Waals surface area (Å²) < 4.78 is 49.7. The first kappa shape index (κ1) is 11.3. The summed E-state index contributed by atoms with van der Waals surface area (Å²) in [4.78, 5) is 0. The van der Waals surface area contributed by atoms with Gasteiger partial charge >= 0.3 is 0 Å². The topological polar surface area (TPSA) is 12.0 Å². The molecule has 0 saturated carbocycles. The molecule has 0 bridgehead atoms. The van der Waals surface area contributed by atoms with E-state index in [-0.39, 0.29) is 4.47 Å². The first-order valence-corrected chi connectivity index (χ1v) is 4.46. The van der Waals surface area contributed by atoms with E-state index < -0.39 is 30.3 Å². The molecular formula is C8H6BrF4N. The molecule has 78 valence electrons. The van der Waals surface area contributed by atoms with Crippen LogP contribution in [0.3, 0.4) is 0 Å². The van der Waals surface area contributed by atoms with Crippen LogP contribution in [0.5, 0.6) is 0 Å². The zero-order valence-corrected chi connectivity index (χ0v) is 8.41. The molecule has 0 amide bonds. The van der Waals surface area contributed by atoms with E-state index in [1.54, 1.807) is 0 Å². The number of benzene rings is 1. The van der Waals surface area contributed by atoms with Gasteiger partial charge in [0.15, 0.2) is 0 Å². The molecule has 1 N–H and O–H groups in total. The van der Waals surface area contributed by atoms with Crippen molar-refractivity contribution in [3.05, 3.63) is 28.2 Å². The number of rotatable bonds is 3. The minimum Gasteiger partial charge on any atom is -0.375 e. The predicted molar refractivity (Wildman–Crippen MR) is 48.6 cm³/mol. The molecule has 0 atom stereocenters. The van der Waals surface area contributed by atoms with Crippen LogP contribution in [0.1, 0.15) is 0 Å². The second-order valence-corrected chi connectivity index (χ2v) is 3.43. The molecule has 1 aromatic carbocycles. The molecule has 0 aromatic heterocycles. The normalized spacial score (nSPS) is 10.7. The second-order valence-electron chi connectivity index (χ2n) is 2.52. The van der Waals surface area contributed by atoms with Crippen molar-refractivity contribution in [2.45, 2.75) is 6.43 Å². The monoisotopic (exact) mass is 271 g/mol. The number of hydrogen-bond acceptors (Lipinski definition) is 1. The van der Waals surface area contributed by atoms with Gasteiger partial charge in [0.25, 0.3) is 6.43 Å². The average Bonchev–Trinajstić information content (AvgIpc) is 2.01. The van der Waals surface area contributed by atoms with E-state index in [1.165, 1.54) is 0 Å². The van der Waals surface area contributed by atoms with Gasteiger partial charge < -0.3 is 5.32 Å². The highest BCUT2D eigenvalue weighted by molar-refractivity contribution is 9.10. The highest BCUT2D eigenvalue weighted by Gasteiger charge is 2.11. The lowest BCUT2D eigenvalue weighted by molar-refractivity contribution is 0.163. The number of anilines is 1. The van der Waals surface area contributed by atoms with Gasteiger partial charge in [-0.15, -0.1) is 0 Å². The Hall–Kier alpha value is -0.780. The van der Waals surface area contributed by atoms with E-state index in [9.17, 15) is 17.6 Å². The molecule has 0 aliphatic heterocycles. The van der Waals surface area contributed by atoms with E-state index in [0.717, 1.165) is 12.1 Å². The Bertz CT molecular complexity index is 306. The maximum atomic E-state index is 13.0. The van der Waals surface area contributed by atoms with Crippen molar-refractivity contribution in [3.8, 4) is 0 Å². The average molecular weight is 272 g/mol. The maximum Gasteiger partial charge on any atom is 0.255 e. The Balaban J connectivity index is 2.86. The van der Waals surface area contributed by atoms with Crippen LogP contribution in [-0.4, -0.2) is 13.0 Å². The molecule has 0 saturated heterocycles. The van der Waals surface area contributed by atoms with Gasteiger partial charge in [-0.3, -0.25) is 0 Å². The van der Waals surface area contributed by atoms with Gasteiger partial charge in [-0.05, 0) is 12.1 Å². The summed E-state index contributed by atoms with van der Waals surface area (Å²) in [5.74, 6) is -1.81. The van der Waals surface area contributed by atoms with Gasteiger partial charge in [-0.25, -0.2) is 17.6 Å². The molecular weight excluding hydrogens is 266 g/mol. The maximum absolute atomic E-state index is 13.0. The van der Waals surface area contributed by atoms with E-state index >= 15 is 0 Å². The van der Waals surface area contributed by atoms with Crippen molar-refractivity contribution in [3.63, 3.8) is 0 Å². The number of alkyl halides is 2. The van der Waals surface area contributed by atoms with Crippen LogP contribution >= 0.6 is 15.9 Å². The minimum atomic E-state index is -2.66. The molecule has 0 unspecified atom stereocenters. The fraction of sp³-hybridized carbons (Fsp3) is 0.250. The molecule has 1 aromatic rings. The number of hydrogen-bond donors (Lipinski definition) is 1. The van der Waals surface area contributed by atoms with E-state index in [1.807, 2.05) is 5.32 Å². The quantitative estimate of drug-likeness (QED) is 0.831. The Morgan fingerprint density at radius 1 is 1.21 bits per heavy atom. The Morgan fingerprint density at radius 3 is 2.14 bits per heavy atom. The molecule has 0 aliphatic rings. The smallest absolute Gasteiger partial charge is 0.255 e. The Morgan fingerprint density at radius 2 is 1.71 bits per heavy atom. The van der Waals surface area contributed by atoms with Crippen LogP contribution < -0.4 is 5.32 Å². The molecule has 0 radical (unpaired) electrons. The van der Waals surface area contributed by atoms with E-state index in [2.05, 4.69) is 15.9 Å². The van der Waals surface area contributed by atoms with Crippen molar-refractivity contribution in [1.82, 2.24) is 0 Å². The van der Waals surface area contributed by atoms with Crippen LogP contribution in [0, 0.1) is 11.6 Å². The third-order valence-corrected chi connectivity index (χ3v) is 1.90. The highest BCUT2D eigenvalue weighted by atomic mass is 79.9. The highest BCUT2D eigenvalue weighted by Crippen LogP contribution is 2.23. The van der Waals surface area contributed by atoms with Gasteiger partial charge in [0.2, 0.25) is 0 Å². The van der Waals surface area contributed by atoms with Crippen molar-refractivity contribution in [2.75, 3.05) is 11.9 Å². The van der Waals surface area contributed by atoms with Crippen LogP contribution in [-0.2, 0) is 0 Å². The van der Waals surface area contributed by atoms with Crippen molar-refractivity contribution in [1.29, 1.82) is 0 Å². The first-order valence-electron chi connectivity index (χ1n) is 3.67. The molecule has 1 nitrogen and oxygen atoms in total. The molecule has 1 rings (SSSR count). The summed E-state index contributed by atoms with van der Waals surface area (Å²) in [6.45, 7) is -0.782. The third-order valence-electron chi connectivity index (χ3n) is 1.44. The standard InChI is InChI=1S/C8H6BrF4N/c9-4-1-5(10)8(6(11)2-4)14-3-7(12)13/h1-2,7,14H,3H2. The van der Waals surface area contributed by atoms with Gasteiger partial charge in [0.05, 0.1) is 6.54 Å². The first-order chi connectivity index (χ1) is 6.50. The fourth-order valence-electron chi connectivity index (χ4n) is 0.890. The van der Waals surface area contributed by atoms with Crippen LogP contribution in [0.2, 0.25) is 0 Å². The van der Waals surface area contributed by atoms with Crippen LogP contribution in [0.4, 0.5) is 23.2 Å². The molecule has 14 heavy (non-hydrogen) atoms. The zero-order chi connectivity index (χ0) is 10.7. The van der Waals surface area contributed by atoms with Crippen LogP contribution in [0.25, 0.3) is 0 Å². The summed E-state index contributed by atoms with van der Waals surface area (Å²) in [5, 5.41) is 1.99. The van der Waals surface area contributed by atoms with E-state index in [0.29, 0.717) is 0 Å². The lowest BCUT2D eigenvalue weighted by Gasteiger charge is -2.08. The number of nitrogens with one attached hydrogen (secondary N) is 1. The van der Waals surface area contributed by atoms with Crippen molar-refractivity contribution < 1.29 is 17.6 Å². The second kappa shape index (κ2) is 4.63. The Labute approximate surface area is 86.2 Å². The summed E-state index contributed by atoms with van der Waals surface area (Å²) in [5.41, 5.74) is -0.534. The number of halogens is 5. The molecule has 0 spiro atoms. The van der Waals surface area contributed by atoms with Crippen molar-refractivity contribution in [2.24, 2.45) is 0 Å². The molecule has 0 aliphatic carbocycles. The fourth-order valence-corrected chi connectivity index (χ4v) is 1.29. The minimum absolute atomic E-state index is 0.218. The zero-order valence-electron chi connectivity index (χ0n) is 6.83. The van der Waals surface area contributed by atoms with E-state index in [4.69, 9.17) is 0 Å². The van der Waals surface area contributed by atoms with Gasteiger partial charge in [0.1, 0.15) is 17.3 Å². The summed E-state index contributed by atoms with van der Waals surface area (Å²) >= 11 is 2.87. The van der Waals surface area contributed by atoms with Gasteiger partial charge in [0, 0.05) is 4.47 Å². The molecule has 0 fully saturated rings. The molecule has 6 heteroatoms. The SMILES string of the molecule is Fc1cc(Br)cc(F)c1NCC(F)F. The lowest BCUT2D eigenvalue weighted by Crippen LogP contribution is -2.12. The van der Waals surface area contributed by atoms with Crippen LogP contribution in [0.15, 0.2) is 16.6 Å². The molecule has 0 heterocycles. The summed E-state index contributed by atoms with van der Waals surface area (Å²) in [6, 6.07) is 1.99. The lowest BCUT2D eigenvalue weighted by atomic mass is 10.3. The van der Waals surface area contributed by atoms with Gasteiger partial charge in [-0.2, -0.15) is 0 Å². The third kappa shape index (κ3) is 2.87. The van der Waals surface area contributed by atoms with Gasteiger partial charge in [-0.1, -0.05) is 15.9 Å². The predicted octanol–water partition coefficient (Wildman–Crippen LogP) is 3.40. The summed E-state index contributed by atoms with van der Waals surface area (Å²) in [7, 11) is 0. The largest absolute Gasteiger partial charge is 0.375 e.